The monoisotopic (exact) mass is 267 g/mol. The van der Waals surface area contributed by atoms with Crippen molar-refractivity contribution in [2.75, 3.05) is 12.3 Å². The van der Waals surface area contributed by atoms with Crippen LogP contribution in [-0.2, 0) is 4.79 Å². The molecule has 2 amide bonds. The van der Waals surface area contributed by atoms with Gasteiger partial charge in [0.2, 0.25) is 5.91 Å². The fourth-order valence-electron chi connectivity index (χ4n) is 2.19. The first-order chi connectivity index (χ1) is 8.91. The van der Waals surface area contributed by atoms with Gasteiger partial charge in [0.25, 0.3) is 5.91 Å². The summed E-state index contributed by atoms with van der Waals surface area (Å²) in [6, 6.07) is 2.95. The van der Waals surface area contributed by atoms with E-state index in [4.69, 9.17) is 11.5 Å². The van der Waals surface area contributed by atoms with Gasteiger partial charge in [0.1, 0.15) is 11.9 Å². The molecule has 0 saturated carbocycles. The van der Waals surface area contributed by atoms with Gasteiger partial charge in [0, 0.05) is 13.0 Å². The van der Waals surface area contributed by atoms with Crippen LogP contribution in [0.1, 0.15) is 16.8 Å². The largest absolute Gasteiger partial charge is 0.396 e. The number of primary amides is 1. The number of amides is 2. The van der Waals surface area contributed by atoms with Gasteiger partial charge in [-0.3, -0.25) is 9.59 Å². The minimum atomic E-state index is -0.898. The van der Waals surface area contributed by atoms with E-state index in [-0.39, 0.29) is 24.2 Å². The lowest BCUT2D eigenvalue weighted by atomic mass is 10.1. The molecule has 0 aromatic heterocycles. The Morgan fingerprint density at radius 2 is 2.11 bits per heavy atom. The maximum Gasteiger partial charge on any atom is 0.256 e. The van der Waals surface area contributed by atoms with Crippen LogP contribution < -0.4 is 11.5 Å². The number of aliphatic hydroxyl groups excluding tert-OH is 1. The molecule has 0 radical (unpaired) electrons. The van der Waals surface area contributed by atoms with Crippen LogP contribution in [0.4, 0.5) is 10.1 Å². The van der Waals surface area contributed by atoms with E-state index in [1.54, 1.807) is 0 Å². The lowest BCUT2D eigenvalue weighted by molar-refractivity contribution is -0.121. The first kappa shape index (κ1) is 13.3. The summed E-state index contributed by atoms with van der Waals surface area (Å²) in [7, 11) is 0. The number of aliphatic hydroxyl groups is 1. The summed E-state index contributed by atoms with van der Waals surface area (Å²) in [6.07, 6.45) is -0.743. The second-order valence-corrected chi connectivity index (χ2v) is 4.47. The van der Waals surface area contributed by atoms with Crippen LogP contribution in [0.5, 0.6) is 0 Å². The maximum absolute atomic E-state index is 13.3. The number of para-hydroxylation sites is 1. The number of carbonyl (C=O) groups excluding carboxylic acids is 2. The molecule has 5 N–H and O–H groups in total. The summed E-state index contributed by atoms with van der Waals surface area (Å²) >= 11 is 0. The minimum absolute atomic E-state index is 0.0254. The summed E-state index contributed by atoms with van der Waals surface area (Å²) in [6.45, 7) is -0.0254. The van der Waals surface area contributed by atoms with Crippen molar-refractivity contribution in [3.8, 4) is 0 Å². The molecule has 19 heavy (non-hydrogen) atoms. The molecule has 6 nitrogen and oxygen atoms in total. The van der Waals surface area contributed by atoms with Crippen molar-refractivity contribution in [2.45, 2.75) is 18.6 Å². The van der Waals surface area contributed by atoms with E-state index < -0.39 is 29.8 Å². The molecule has 0 bridgehead atoms. The van der Waals surface area contributed by atoms with E-state index in [0.717, 1.165) is 11.0 Å². The van der Waals surface area contributed by atoms with E-state index >= 15 is 0 Å². The zero-order valence-electron chi connectivity index (χ0n) is 10.0. The Bertz CT molecular complexity index is 535. The third kappa shape index (κ3) is 2.37. The van der Waals surface area contributed by atoms with E-state index in [9.17, 15) is 19.1 Å². The smallest absolute Gasteiger partial charge is 0.256 e. The number of hydrogen-bond donors (Lipinski definition) is 3. The van der Waals surface area contributed by atoms with Crippen molar-refractivity contribution < 1.29 is 19.1 Å². The van der Waals surface area contributed by atoms with Crippen molar-refractivity contribution in [1.82, 2.24) is 4.90 Å². The van der Waals surface area contributed by atoms with Crippen molar-refractivity contribution in [2.24, 2.45) is 5.73 Å². The molecule has 1 aromatic rings. The number of nitrogens with zero attached hydrogens (tertiary/aromatic N) is 1. The van der Waals surface area contributed by atoms with Crippen LogP contribution in [0.25, 0.3) is 0 Å². The normalized spacial score (nSPS) is 22.5. The number of hydrogen-bond acceptors (Lipinski definition) is 4. The fraction of sp³-hybridized carbons (Fsp3) is 0.333. The van der Waals surface area contributed by atoms with Gasteiger partial charge in [-0.05, 0) is 12.1 Å². The van der Waals surface area contributed by atoms with E-state index in [0.29, 0.717) is 0 Å². The number of halogens is 1. The number of benzene rings is 1. The van der Waals surface area contributed by atoms with Gasteiger partial charge in [-0.2, -0.15) is 0 Å². The summed E-state index contributed by atoms with van der Waals surface area (Å²) in [5.74, 6) is -2.03. The molecule has 0 aliphatic carbocycles. The number of nitrogen functional groups attached to an aromatic ring is 1. The number of likely N-dealkylation sites (tertiary alicyclic amines) is 1. The van der Waals surface area contributed by atoms with Crippen LogP contribution in [0.3, 0.4) is 0 Å². The third-order valence-corrected chi connectivity index (χ3v) is 3.15. The minimum Gasteiger partial charge on any atom is -0.396 e. The molecule has 1 aromatic carbocycles. The maximum atomic E-state index is 13.3. The Balaban J connectivity index is 2.33. The Hall–Kier alpha value is -2.15. The fourth-order valence-corrected chi connectivity index (χ4v) is 2.19. The highest BCUT2D eigenvalue weighted by molar-refractivity contribution is 6.01. The Morgan fingerprint density at radius 1 is 1.42 bits per heavy atom. The third-order valence-electron chi connectivity index (χ3n) is 3.15. The Morgan fingerprint density at radius 3 is 2.74 bits per heavy atom. The highest BCUT2D eigenvalue weighted by Gasteiger charge is 2.38. The standard InChI is InChI=1S/C12H14FN3O3/c13-8-3-1-2-7(10(8)14)12(19)16-5-6(17)4-9(16)11(15)18/h1-3,6,9,17H,4-5,14H2,(H2,15,18). The molecule has 1 aliphatic rings. The predicted molar refractivity (Wildman–Crippen MR) is 65.5 cm³/mol. The van der Waals surface area contributed by atoms with Crippen LogP contribution in [0, 0.1) is 5.82 Å². The number of nitrogens with two attached hydrogens (primary N) is 2. The molecular formula is C12H14FN3O3. The Labute approximate surface area is 108 Å². The van der Waals surface area contributed by atoms with E-state index in [1.807, 2.05) is 0 Å². The number of carbonyl (C=O) groups is 2. The molecular weight excluding hydrogens is 253 g/mol. The zero-order chi connectivity index (χ0) is 14.2. The van der Waals surface area contributed by atoms with Crippen molar-refractivity contribution in [3.63, 3.8) is 0 Å². The van der Waals surface area contributed by atoms with Crippen LogP contribution in [-0.4, -0.2) is 40.5 Å². The molecule has 7 heteroatoms. The molecule has 2 atom stereocenters. The van der Waals surface area contributed by atoms with Gasteiger partial charge in [-0.15, -0.1) is 0 Å². The molecule has 2 rings (SSSR count). The first-order valence-electron chi connectivity index (χ1n) is 5.74. The van der Waals surface area contributed by atoms with Crippen molar-refractivity contribution in [3.05, 3.63) is 29.6 Å². The zero-order valence-corrected chi connectivity index (χ0v) is 10.0. The molecule has 1 fully saturated rings. The molecule has 1 heterocycles. The second-order valence-electron chi connectivity index (χ2n) is 4.47. The highest BCUT2D eigenvalue weighted by atomic mass is 19.1. The number of rotatable bonds is 2. The molecule has 1 aliphatic heterocycles. The van der Waals surface area contributed by atoms with Gasteiger partial charge < -0.3 is 21.5 Å². The topological polar surface area (TPSA) is 110 Å². The molecule has 1 saturated heterocycles. The molecule has 2 unspecified atom stereocenters. The summed E-state index contributed by atoms with van der Waals surface area (Å²) in [4.78, 5) is 24.6. The molecule has 102 valence electrons. The quantitative estimate of drug-likeness (QED) is 0.625. The number of β-amino-alcohol motifs (C(OH)–C–C–N with tert-alkyl or cyclic N) is 1. The van der Waals surface area contributed by atoms with E-state index in [1.165, 1.54) is 12.1 Å². The van der Waals surface area contributed by atoms with Gasteiger partial charge in [-0.1, -0.05) is 6.07 Å². The van der Waals surface area contributed by atoms with Gasteiger partial charge >= 0.3 is 0 Å². The van der Waals surface area contributed by atoms with Crippen LogP contribution in [0.15, 0.2) is 18.2 Å². The van der Waals surface area contributed by atoms with E-state index in [2.05, 4.69) is 0 Å². The lowest BCUT2D eigenvalue weighted by Gasteiger charge is -2.22. The van der Waals surface area contributed by atoms with Crippen molar-refractivity contribution in [1.29, 1.82) is 0 Å². The van der Waals surface area contributed by atoms with Crippen LogP contribution >= 0.6 is 0 Å². The van der Waals surface area contributed by atoms with Gasteiger partial charge in [0.05, 0.1) is 17.4 Å². The lowest BCUT2D eigenvalue weighted by Crippen LogP contribution is -2.44. The SMILES string of the molecule is NC(=O)C1CC(O)CN1C(=O)c1cccc(F)c1N. The van der Waals surface area contributed by atoms with Crippen LogP contribution in [0.2, 0.25) is 0 Å². The highest BCUT2D eigenvalue weighted by Crippen LogP contribution is 2.24. The van der Waals surface area contributed by atoms with Gasteiger partial charge in [-0.25, -0.2) is 4.39 Å². The Kier molecular flexibility index (Phi) is 3.39. The van der Waals surface area contributed by atoms with Gasteiger partial charge in [0.15, 0.2) is 0 Å². The summed E-state index contributed by atoms with van der Waals surface area (Å²) in [5.41, 5.74) is 10.4. The first-order valence-corrected chi connectivity index (χ1v) is 5.74. The predicted octanol–water partition coefficient (Wildman–Crippen LogP) is -0.531. The molecule has 0 spiro atoms. The van der Waals surface area contributed by atoms with Crippen molar-refractivity contribution >= 4 is 17.5 Å². The summed E-state index contributed by atoms with van der Waals surface area (Å²) < 4.78 is 13.3. The average molecular weight is 267 g/mol. The second kappa shape index (κ2) is 4.85. The summed E-state index contributed by atoms with van der Waals surface area (Å²) in [5, 5.41) is 9.53. The number of anilines is 1. The average Bonchev–Trinajstić information content (AvgIpc) is 2.74.